The monoisotopic (exact) mass is 355 g/mol. The van der Waals surface area contributed by atoms with Crippen molar-refractivity contribution >= 4 is 11.8 Å². The second-order valence-corrected chi connectivity index (χ2v) is 7.01. The van der Waals surface area contributed by atoms with Gasteiger partial charge in [0.1, 0.15) is 5.60 Å². The van der Waals surface area contributed by atoms with Crippen LogP contribution in [0, 0.1) is 11.8 Å². The van der Waals surface area contributed by atoms with Gasteiger partial charge in [-0.15, -0.1) is 0 Å². The Labute approximate surface area is 154 Å². The lowest BCUT2D eigenvalue weighted by molar-refractivity contribution is 0.0240. The van der Waals surface area contributed by atoms with Gasteiger partial charge in [-0.25, -0.2) is 4.79 Å². The van der Waals surface area contributed by atoms with E-state index < -0.39 is 5.60 Å². The zero-order valence-electron chi connectivity index (χ0n) is 15.6. The lowest BCUT2D eigenvalue weighted by Crippen LogP contribution is -2.50. The number of anilines is 1. The van der Waals surface area contributed by atoms with Crippen LogP contribution in [0.25, 0.3) is 10.4 Å². The molecule has 1 fully saturated rings. The Balaban J connectivity index is 1.85. The van der Waals surface area contributed by atoms with Crippen LogP contribution in [0.2, 0.25) is 0 Å². The molecule has 7 nitrogen and oxygen atoms in total. The fourth-order valence-corrected chi connectivity index (χ4v) is 2.54. The lowest BCUT2D eigenvalue weighted by Gasteiger charge is -2.36. The fourth-order valence-electron chi connectivity index (χ4n) is 2.54. The van der Waals surface area contributed by atoms with Crippen molar-refractivity contribution in [1.82, 2.24) is 4.90 Å². The largest absolute Gasteiger partial charge is 0.444 e. The number of carbonyl (C=O) groups excluding carboxylic acids is 1. The first-order valence-corrected chi connectivity index (χ1v) is 8.72. The van der Waals surface area contributed by atoms with Gasteiger partial charge in [-0.05, 0) is 50.6 Å². The molecule has 0 unspecified atom stereocenters. The van der Waals surface area contributed by atoms with E-state index in [-0.39, 0.29) is 6.09 Å². The number of benzene rings is 1. The molecule has 0 saturated carbocycles. The van der Waals surface area contributed by atoms with Crippen molar-refractivity contribution in [2.24, 2.45) is 5.11 Å². The van der Waals surface area contributed by atoms with Gasteiger partial charge in [-0.2, -0.15) is 0 Å². The molecule has 0 aliphatic carbocycles. The molecular weight excluding hydrogens is 330 g/mol. The van der Waals surface area contributed by atoms with Gasteiger partial charge < -0.3 is 14.5 Å². The molecule has 1 saturated heterocycles. The SMILES string of the molecule is CC(C)(C)OC(=O)N1CCN(c2ccc(C#CCCN=[N+]=[N-])cc2)CC1. The Bertz CT molecular complexity index is 713. The molecule has 1 aromatic rings. The van der Waals surface area contributed by atoms with E-state index in [2.05, 4.69) is 26.8 Å². The van der Waals surface area contributed by atoms with Crippen molar-refractivity contribution in [2.75, 3.05) is 37.6 Å². The Hall–Kier alpha value is -2.84. The molecule has 0 aromatic heterocycles. The molecular formula is C19H25N5O2. The molecule has 1 aliphatic rings. The predicted molar refractivity (Wildman–Crippen MR) is 102 cm³/mol. The van der Waals surface area contributed by atoms with Crippen LogP contribution in [0.4, 0.5) is 10.5 Å². The Kier molecular flexibility index (Phi) is 6.76. The molecule has 0 bridgehead atoms. The summed E-state index contributed by atoms with van der Waals surface area (Å²) in [6.07, 6.45) is 0.307. The van der Waals surface area contributed by atoms with Crippen molar-refractivity contribution in [3.8, 4) is 11.8 Å². The average molecular weight is 355 g/mol. The molecule has 26 heavy (non-hydrogen) atoms. The molecule has 0 atom stereocenters. The van der Waals surface area contributed by atoms with Crippen molar-refractivity contribution < 1.29 is 9.53 Å². The zero-order chi connectivity index (χ0) is 19.0. The lowest BCUT2D eigenvalue weighted by atomic mass is 10.1. The fraction of sp³-hybridized carbons (Fsp3) is 0.526. The molecule has 0 spiro atoms. The molecule has 1 aromatic carbocycles. The Morgan fingerprint density at radius 3 is 2.46 bits per heavy atom. The smallest absolute Gasteiger partial charge is 0.410 e. The van der Waals surface area contributed by atoms with Crippen LogP contribution in [-0.4, -0.2) is 49.3 Å². The zero-order valence-corrected chi connectivity index (χ0v) is 15.6. The van der Waals surface area contributed by atoms with Crippen molar-refractivity contribution in [3.05, 3.63) is 40.3 Å². The maximum absolute atomic E-state index is 12.1. The van der Waals surface area contributed by atoms with Crippen LogP contribution < -0.4 is 4.90 Å². The van der Waals surface area contributed by atoms with Crippen LogP contribution in [0.5, 0.6) is 0 Å². The molecule has 1 aliphatic heterocycles. The molecule has 1 heterocycles. The second-order valence-electron chi connectivity index (χ2n) is 7.01. The van der Waals surface area contributed by atoms with Crippen LogP contribution in [0.15, 0.2) is 29.4 Å². The number of hydrogen-bond donors (Lipinski definition) is 0. The minimum atomic E-state index is -0.466. The quantitative estimate of drug-likeness (QED) is 0.272. The number of carbonyl (C=O) groups is 1. The van der Waals surface area contributed by atoms with Crippen LogP contribution in [0.1, 0.15) is 32.8 Å². The third-order valence-corrected chi connectivity index (χ3v) is 3.80. The number of ether oxygens (including phenoxy) is 1. The first-order chi connectivity index (χ1) is 12.4. The summed E-state index contributed by atoms with van der Waals surface area (Å²) < 4.78 is 5.42. The Morgan fingerprint density at radius 2 is 1.88 bits per heavy atom. The van der Waals surface area contributed by atoms with Crippen LogP contribution in [0.3, 0.4) is 0 Å². The van der Waals surface area contributed by atoms with Crippen molar-refractivity contribution in [2.45, 2.75) is 32.8 Å². The third kappa shape index (κ3) is 6.23. The van der Waals surface area contributed by atoms with E-state index in [0.717, 1.165) is 24.3 Å². The maximum atomic E-state index is 12.1. The maximum Gasteiger partial charge on any atom is 0.410 e. The molecule has 2 rings (SSSR count). The van der Waals surface area contributed by atoms with Gasteiger partial charge in [0.05, 0.1) is 0 Å². The highest BCUT2D eigenvalue weighted by Crippen LogP contribution is 2.18. The molecule has 7 heteroatoms. The van der Waals surface area contributed by atoms with Crippen LogP contribution in [-0.2, 0) is 4.74 Å². The number of rotatable bonds is 3. The highest BCUT2D eigenvalue weighted by Gasteiger charge is 2.25. The number of amides is 1. The van der Waals surface area contributed by atoms with E-state index in [9.17, 15) is 4.79 Å². The number of azide groups is 1. The van der Waals surface area contributed by atoms with Gasteiger partial charge in [-0.1, -0.05) is 17.0 Å². The summed E-state index contributed by atoms with van der Waals surface area (Å²) in [5, 5.41) is 3.45. The van der Waals surface area contributed by atoms with E-state index in [1.165, 1.54) is 0 Å². The number of hydrogen-bond acceptors (Lipinski definition) is 4. The summed E-state index contributed by atoms with van der Waals surface area (Å²) in [6, 6.07) is 8.05. The summed E-state index contributed by atoms with van der Waals surface area (Å²) in [6.45, 7) is 8.87. The predicted octanol–water partition coefficient (Wildman–Crippen LogP) is 3.80. The minimum absolute atomic E-state index is 0.247. The van der Waals surface area contributed by atoms with Gasteiger partial charge in [-0.3, -0.25) is 0 Å². The Morgan fingerprint density at radius 1 is 1.23 bits per heavy atom. The minimum Gasteiger partial charge on any atom is -0.444 e. The van der Waals surface area contributed by atoms with Gasteiger partial charge in [0.25, 0.3) is 0 Å². The number of nitrogens with zero attached hydrogens (tertiary/aromatic N) is 5. The summed E-state index contributed by atoms with van der Waals surface area (Å²) in [4.78, 5) is 18.8. The van der Waals surface area contributed by atoms with Gasteiger partial charge in [0.2, 0.25) is 0 Å². The van der Waals surface area contributed by atoms with E-state index in [1.807, 2.05) is 45.0 Å². The average Bonchev–Trinajstić information content (AvgIpc) is 2.61. The molecule has 0 radical (unpaired) electrons. The van der Waals surface area contributed by atoms with E-state index >= 15 is 0 Å². The number of piperazine rings is 1. The molecule has 0 N–H and O–H groups in total. The highest BCUT2D eigenvalue weighted by molar-refractivity contribution is 5.68. The van der Waals surface area contributed by atoms with Crippen molar-refractivity contribution in [1.29, 1.82) is 0 Å². The third-order valence-electron chi connectivity index (χ3n) is 3.80. The van der Waals surface area contributed by atoms with Gasteiger partial charge in [0, 0.05) is 55.3 Å². The van der Waals surface area contributed by atoms with E-state index in [1.54, 1.807) is 4.90 Å². The van der Waals surface area contributed by atoms with E-state index in [4.69, 9.17) is 10.3 Å². The normalized spacial score (nSPS) is 14.1. The molecule has 138 valence electrons. The standard InChI is InChI=1S/C19H25N5O2/c1-19(2,3)26-18(25)24-14-12-23(13-15-24)17-9-7-16(8-10-17)6-4-5-11-21-22-20/h7-10H,5,11-15H2,1-3H3. The van der Waals surface area contributed by atoms with Crippen molar-refractivity contribution in [3.63, 3.8) is 0 Å². The molecule has 1 amide bonds. The first-order valence-electron chi connectivity index (χ1n) is 8.72. The topological polar surface area (TPSA) is 81.5 Å². The summed E-state index contributed by atoms with van der Waals surface area (Å²) >= 11 is 0. The summed E-state index contributed by atoms with van der Waals surface area (Å²) in [5.41, 5.74) is 9.80. The summed E-state index contributed by atoms with van der Waals surface area (Å²) in [5.74, 6) is 6.04. The van der Waals surface area contributed by atoms with Crippen LogP contribution >= 0.6 is 0 Å². The van der Waals surface area contributed by atoms with Gasteiger partial charge >= 0.3 is 6.09 Å². The van der Waals surface area contributed by atoms with E-state index in [0.29, 0.717) is 26.1 Å². The summed E-state index contributed by atoms with van der Waals surface area (Å²) in [7, 11) is 0. The second kappa shape index (κ2) is 9.02. The van der Waals surface area contributed by atoms with Gasteiger partial charge in [0.15, 0.2) is 0 Å². The first kappa shape index (κ1) is 19.5. The highest BCUT2D eigenvalue weighted by atomic mass is 16.6.